The predicted octanol–water partition coefficient (Wildman–Crippen LogP) is 3.10. The number of ether oxygens (including phenoxy) is 1. The van der Waals surface area contributed by atoms with Gasteiger partial charge in [0.15, 0.2) is 0 Å². The average Bonchev–Trinajstić information content (AvgIpc) is 2.54. The van der Waals surface area contributed by atoms with E-state index in [4.69, 9.17) is 4.74 Å². The van der Waals surface area contributed by atoms with Gasteiger partial charge in [-0.15, -0.1) is 0 Å². The van der Waals surface area contributed by atoms with E-state index in [1.807, 2.05) is 36.4 Å². The van der Waals surface area contributed by atoms with Crippen LogP contribution in [0.2, 0.25) is 0 Å². The van der Waals surface area contributed by atoms with E-state index < -0.39 is 0 Å². The third kappa shape index (κ3) is 5.16. The van der Waals surface area contributed by atoms with Crippen molar-refractivity contribution in [3.05, 3.63) is 52.6 Å². The second-order valence-corrected chi connectivity index (χ2v) is 6.05. The van der Waals surface area contributed by atoms with Crippen LogP contribution in [-0.4, -0.2) is 30.0 Å². The lowest BCUT2D eigenvalue weighted by Gasteiger charge is -2.04. The van der Waals surface area contributed by atoms with Crippen LogP contribution in [0.25, 0.3) is 0 Å². The molecule has 0 saturated heterocycles. The Kier molecular flexibility index (Phi) is 6.42. The highest BCUT2D eigenvalue weighted by Crippen LogP contribution is 2.21. The van der Waals surface area contributed by atoms with Crippen LogP contribution in [0.4, 0.5) is 0 Å². The van der Waals surface area contributed by atoms with Crippen molar-refractivity contribution in [3.8, 4) is 5.75 Å². The van der Waals surface area contributed by atoms with Gasteiger partial charge < -0.3 is 4.74 Å². The number of pyridine rings is 1. The first-order valence-electron chi connectivity index (χ1n) is 6.38. The molecule has 0 fully saturated rings. The zero-order valence-corrected chi connectivity index (χ0v) is 14.2. The number of carbonyl (C=O) groups is 1. The molecule has 0 aliphatic heterocycles. The van der Waals surface area contributed by atoms with Gasteiger partial charge in [0.2, 0.25) is 5.91 Å². The van der Waals surface area contributed by atoms with E-state index in [2.05, 4.69) is 31.4 Å². The molecular weight excluding hydrogens is 366 g/mol. The molecule has 114 valence electrons. The number of nitrogens with zero attached hydrogens (tertiary/aromatic N) is 2. The van der Waals surface area contributed by atoms with Crippen LogP contribution in [-0.2, 0) is 4.79 Å². The second kappa shape index (κ2) is 8.55. The molecule has 2 aromatic rings. The number of hydrogen-bond acceptors (Lipinski definition) is 5. The molecule has 1 amide bonds. The minimum absolute atomic E-state index is 0.194. The van der Waals surface area contributed by atoms with Crippen molar-refractivity contribution < 1.29 is 9.53 Å². The largest absolute Gasteiger partial charge is 0.496 e. The van der Waals surface area contributed by atoms with Gasteiger partial charge in [0.05, 0.1) is 24.1 Å². The summed E-state index contributed by atoms with van der Waals surface area (Å²) in [5.41, 5.74) is 3.26. The fourth-order valence-electron chi connectivity index (χ4n) is 1.58. The zero-order valence-electron chi connectivity index (χ0n) is 11.8. The predicted molar refractivity (Wildman–Crippen MR) is 91.4 cm³/mol. The standard InChI is InChI=1S/C15H14BrN3O2S/c1-21-13-6-5-12(16)8-11(13)9-18-19-14(20)10-22-15-4-2-3-7-17-15/h2-9H,10H2,1H3,(H,19,20)/b18-9-. The molecular formula is C15H14BrN3O2S. The third-order valence-corrected chi connectivity index (χ3v) is 4.01. The lowest BCUT2D eigenvalue weighted by molar-refractivity contribution is -0.118. The third-order valence-electron chi connectivity index (χ3n) is 2.57. The summed E-state index contributed by atoms with van der Waals surface area (Å²) < 4.78 is 6.14. The lowest BCUT2D eigenvalue weighted by atomic mass is 10.2. The van der Waals surface area contributed by atoms with Gasteiger partial charge in [-0.2, -0.15) is 5.10 Å². The fourth-order valence-corrected chi connectivity index (χ4v) is 2.62. The van der Waals surface area contributed by atoms with Crippen LogP contribution in [0.15, 0.2) is 57.2 Å². The van der Waals surface area contributed by atoms with E-state index in [9.17, 15) is 4.79 Å². The Bertz CT molecular complexity index is 665. The first kappa shape index (κ1) is 16.5. The first-order chi connectivity index (χ1) is 10.7. The molecule has 1 heterocycles. The normalized spacial score (nSPS) is 10.6. The van der Waals surface area contributed by atoms with Crippen LogP contribution in [0.3, 0.4) is 0 Å². The van der Waals surface area contributed by atoms with Crippen molar-refractivity contribution in [2.75, 3.05) is 12.9 Å². The minimum atomic E-state index is -0.194. The van der Waals surface area contributed by atoms with E-state index in [1.54, 1.807) is 19.5 Å². The summed E-state index contributed by atoms with van der Waals surface area (Å²) in [6.45, 7) is 0. The van der Waals surface area contributed by atoms with E-state index in [-0.39, 0.29) is 11.7 Å². The van der Waals surface area contributed by atoms with E-state index in [0.717, 1.165) is 15.1 Å². The van der Waals surface area contributed by atoms with E-state index in [1.165, 1.54) is 11.8 Å². The van der Waals surface area contributed by atoms with Crippen LogP contribution in [0.1, 0.15) is 5.56 Å². The summed E-state index contributed by atoms with van der Waals surface area (Å²) in [6, 6.07) is 11.1. The molecule has 5 nitrogen and oxygen atoms in total. The molecule has 7 heteroatoms. The van der Waals surface area contributed by atoms with Gasteiger partial charge in [0.1, 0.15) is 5.75 Å². The Labute approximate surface area is 141 Å². The van der Waals surface area contributed by atoms with Crippen molar-refractivity contribution in [1.82, 2.24) is 10.4 Å². The number of nitrogens with one attached hydrogen (secondary N) is 1. The molecule has 1 aromatic heterocycles. The highest BCUT2D eigenvalue weighted by molar-refractivity contribution is 9.10. The summed E-state index contributed by atoms with van der Waals surface area (Å²) in [6.07, 6.45) is 3.24. The van der Waals surface area contributed by atoms with Crippen molar-refractivity contribution in [3.63, 3.8) is 0 Å². The van der Waals surface area contributed by atoms with Crippen LogP contribution in [0.5, 0.6) is 5.75 Å². The zero-order chi connectivity index (χ0) is 15.8. The summed E-state index contributed by atoms with van der Waals surface area (Å²) in [5.74, 6) is 0.745. The maximum Gasteiger partial charge on any atom is 0.250 e. The smallest absolute Gasteiger partial charge is 0.250 e. The molecule has 1 aromatic carbocycles. The molecule has 0 aliphatic carbocycles. The highest BCUT2D eigenvalue weighted by atomic mass is 79.9. The van der Waals surface area contributed by atoms with E-state index in [0.29, 0.717) is 5.75 Å². The maximum absolute atomic E-state index is 11.7. The molecule has 0 unspecified atom stereocenters. The Morgan fingerprint density at radius 3 is 3.05 bits per heavy atom. The van der Waals surface area contributed by atoms with Gasteiger partial charge in [-0.25, -0.2) is 10.4 Å². The van der Waals surface area contributed by atoms with Crippen molar-refractivity contribution >= 4 is 39.8 Å². The molecule has 1 N–H and O–H groups in total. The van der Waals surface area contributed by atoms with Crippen LogP contribution in [0, 0.1) is 0 Å². The number of halogens is 1. The van der Waals surface area contributed by atoms with Crippen molar-refractivity contribution in [2.45, 2.75) is 5.03 Å². The second-order valence-electron chi connectivity index (χ2n) is 4.14. The molecule has 2 rings (SSSR count). The Morgan fingerprint density at radius 2 is 2.32 bits per heavy atom. The number of hydrazone groups is 1. The summed E-state index contributed by atoms with van der Waals surface area (Å²) >= 11 is 4.74. The molecule has 0 aliphatic rings. The molecule has 22 heavy (non-hydrogen) atoms. The maximum atomic E-state index is 11.7. The van der Waals surface area contributed by atoms with Gasteiger partial charge >= 0.3 is 0 Å². The first-order valence-corrected chi connectivity index (χ1v) is 8.16. The quantitative estimate of drug-likeness (QED) is 0.475. The lowest BCUT2D eigenvalue weighted by Crippen LogP contribution is -2.19. The van der Waals surface area contributed by atoms with Gasteiger partial charge in [0, 0.05) is 16.2 Å². The number of methoxy groups -OCH3 is 1. The molecule has 0 saturated carbocycles. The monoisotopic (exact) mass is 379 g/mol. The highest BCUT2D eigenvalue weighted by Gasteiger charge is 2.03. The molecule has 0 spiro atoms. The number of rotatable bonds is 6. The van der Waals surface area contributed by atoms with Gasteiger partial charge in [-0.3, -0.25) is 4.79 Å². The van der Waals surface area contributed by atoms with Gasteiger partial charge in [0.25, 0.3) is 0 Å². The van der Waals surface area contributed by atoms with Gasteiger partial charge in [-0.1, -0.05) is 33.8 Å². The molecule has 0 radical (unpaired) electrons. The fraction of sp³-hybridized carbons (Fsp3) is 0.133. The molecule has 0 bridgehead atoms. The summed E-state index contributed by atoms with van der Waals surface area (Å²) in [7, 11) is 1.59. The van der Waals surface area contributed by atoms with Crippen molar-refractivity contribution in [2.24, 2.45) is 5.10 Å². The molecule has 0 atom stereocenters. The Morgan fingerprint density at radius 1 is 1.45 bits per heavy atom. The van der Waals surface area contributed by atoms with Gasteiger partial charge in [-0.05, 0) is 30.3 Å². The number of hydrogen-bond donors (Lipinski definition) is 1. The number of benzene rings is 1. The summed E-state index contributed by atoms with van der Waals surface area (Å²) in [5, 5.41) is 4.75. The van der Waals surface area contributed by atoms with Crippen LogP contribution >= 0.6 is 27.7 Å². The number of amides is 1. The number of carbonyl (C=O) groups excluding carboxylic acids is 1. The van der Waals surface area contributed by atoms with E-state index >= 15 is 0 Å². The average molecular weight is 380 g/mol. The summed E-state index contributed by atoms with van der Waals surface area (Å²) in [4.78, 5) is 15.8. The minimum Gasteiger partial charge on any atom is -0.496 e. The number of thioether (sulfide) groups is 1. The SMILES string of the molecule is COc1ccc(Br)cc1/C=N\NC(=O)CSc1ccccn1. The van der Waals surface area contributed by atoms with Crippen LogP contribution < -0.4 is 10.2 Å². The Balaban J connectivity index is 1.87. The number of aromatic nitrogens is 1. The van der Waals surface area contributed by atoms with Crippen molar-refractivity contribution in [1.29, 1.82) is 0 Å². The topological polar surface area (TPSA) is 63.6 Å². The Hall–Kier alpha value is -1.86.